The van der Waals surface area contributed by atoms with E-state index in [9.17, 15) is 13.2 Å². The summed E-state index contributed by atoms with van der Waals surface area (Å²) in [5.74, 6) is -0.241. The van der Waals surface area contributed by atoms with Gasteiger partial charge in [0.1, 0.15) is 0 Å². The minimum atomic E-state index is -3.50. The molecule has 150 valence electrons. The molecule has 6 nitrogen and oxygen atoms in total. The van der Waals surface area contributed by atoms with Crippen LogP contribution in [0.2, 0.25) is 5.02 Å². The fourth-order valence-electron chi connectivity index (χ4n) is 3.13. The summed E-state index contributed by atoms with van der Waals surface area (Å²) < 4.78 is 27.1. The lowest BCUT2D eigenvalue weighted by atomic mass is 10.2. The van der Waals surface area contributed by atoms with Crippen LogP contribution in [0.3, 0.4) is 0 Å². The number of aryl methyl sites for hydroxylation is 1. The van der Waals surface area contributed by atoms with Crippen LogP contribution in [0.5, 0.6) is 0 Å². The monoisotopic (exact) mass is 421 g/mol. The number of halogens is 1. The van der Waals surface area contributed by atoms with E-state index < -0.39 is 10.0 Å². The number of anilines is 2. The SMILES string of the molecule is Cc1ccc(Cl)cc1NC(=O)CNc1cccc(S(=O)(=O)N2CCCCC2)c1. The highest BCUT2D eigenvalue weighted by molar-refractivity contribution is 7.89. The third-order valence-electron chi connectivity index (χ3n) is 4.71. The molecule has 1 aliphatic rings. The molecule has 0 aliphatic carbocycles. The lowest BCUT2D eigenvalue weighted by molar-refractivity contribution is -0.114. The molecule has 0 radical (unpaired) electrons. The predicted molar refractivity (Wildman–Crippen MR) is 112 cm³/mol. The summed E-state index contributed by atoms with van der Waals surface area (Å²) in [6.07, 6.45) is 2.84. The maximum atomic E-state index is 12.8. The Morgan fingerprint density at radius 2 is 1.86 bits per heavy atom. The molecular weight excluding hydrogens is 398 g/mol. The van der Waals surface area contributed by atoms with Gasteiger partial charge in [0.2, 0.25) is 15.9 Å². The van der Waals surface area contributed by atoms with Gasteiger partial charge in [0, 0.05) is 29.5 Å². The highest BCUT2D eigenvalue weighted by Gasteiger charge is 2.25. The van der Waals surface area contributed by atoms with Crippen LogP contribution in [-0.4, -0.2) is 38.3 Å². The van der Waals surface area contributed by atoms with Gasteiger partial charge < -0.3 is 10.6 Å². The standard InChI is InChI=1S/C20H24ClN3O3S/c1-15-8-9-16(21)12-19(15)23-20(25)14-22-17-6-5-7-18(13-17)28(26,27)24-10-3-2-4-11-24/h5-9,12-13,22H,2-4,10-11,14H2,1H3,(H,23,25). The Morgan fingerprint density at radius 1 is 1.11 bits per heavy atom. The number of carbonyl (C=O) groups excluding carboxylic acids is 1. The van der Waals surface area contributed by atoms with Gasteiger partial charge in [-0.05, 0) is 55.7 Å². The summed E-state index contributed by atoms with van der Waals surface area (Å²) in [6.45, 7) is 3.01. The van der Waals surface area contributed by atoms with Gasteiger partial charge in [0.05, 0.1) is 11.4 Å². The number of carbonyl (C=O) groups is 1. The van der Waals surface area contributed by atoms with Gasteiger partial charge >= 0.3 is 0 Å². The minimum Gasteiger partial charge on any atom is -0.376 e. The number of rotatable bonds is 6. The Hall–Kier alpha value is -2.09. The van der Waals surface area contributed by atoms with Crippen molar-refractivity contribution >= 4 is 38.9 Å². The van der Waals surface area contributed by atoms with Crippen molar-refractivity contribution < 1.29 is 13.2 Å². The van der Waals surface area contributed by atoms with Crippen molar-refractivity contribution in [1.82, 2.24) is 4.31 Å². The second kappa shape index (κ2) is 8.94. The van der Waals surface area contributed by atoms with Crippen molar-refractivity contribution in [2.75, 3.05) is 30.3 Å². The Labute approximate surface area is 170 Å². The lowest BCUT2D eigenvalue weighted by Gasteiger charge is -2.26. The van der Waals surface area contributed by atoms with Gasteiger partial charge in [-0.25, -0.2) is 8.42 Å². The van der Waals surface area contributed by atoms with Crippen molar-refractivity contribution in [3.05, 3.63) is 53.1 Å². The van der Waals surface area contributed by atoms with Crippen molar-refractivity contribution in [3.8, 4) is 0 Å². The molecule has 1 heterocycles. The smallest absolute Gasteiger partial charge is 0.243 e. The summed E-state index contributed by atoms with van der Waals surface area (Å²) >= 11 is 5.97. The maximum Gasteiger partial charge on any atom is 0.243 e. The first kappa shape index (κ1) is 20.6. The minimum absolute atomic E-state index is 0.0131. The summed E-state index contributed by atoms with van der Waals surface area (Å²) in [7, 11) is -3.50. The predicted octanol–water partition coefficient (Wildman–Crippen LogP) is 3.87. The Bertz CT molecular complexity index is 957. The molecule has 0 bridgehead atoms. The molecular formula is C20H24ClN3O3S. The van der Waals surface area contributed by atoms with Crippen molar-refractivity contribution in [1.29, 1.82) is 0 Å². The molecule has 8 heteroatoms. The second-order valence-corrected chi connectivity index (χ2v) is 9.23. The van der Waals surface area contributed by atoms with Crippen LogP contribution in [0.15, 0.2) is 47.4 Å². The van der Waals surface area contributed by atoms with Crippen molar-refractivity contribution in [3.63, 3.8) is 0 Å². The van der Waals surface area contributed by atoms with Gasteiger partial charge in [-0.15, -0.1) is 0 Å². The number of sulfonamides is 1. The van der Waals surface area contributed by atoms with Gasteiger partial charge in [0.25, 0.3) is 0 Å². The fourth-order valence-corrected chi connectivity index (χ4v) is 4.86. The van der Waals surface area contributed by atoms with Gasteiger partial charge in [-0.1, -0.05) is 30.2 Å². The number of piperidine rings is 1. The molecule has 0 aromatic heterocycles. The van der Waals surface area contributed by atoms with Crippen LogP contribution in [0.4, 0.5) is 11.4 Å². The quantitative estimate of drug-likeness (QED) is 0.742. The first-order valence-electron chi connectivity index (χ1n) is 9.26. The van der Waals surface area contributed by atoms with E-state index in [1.807, 2.05) is 13.0 Å². The van der Waals surface area contributed by atoms with Crippen molar-refractivity contribution in [2.24, 2.45) is 0 Å². The molecule has 0 saturated carbocycles. The van der Waals surface area contributed by atoms with Gasteiger partial charge in [-0.3, -0.25) is 4.79 Å². The molecule has 2 aromatic rings. The molecule has 1 fully saturated rings. The first-order chi connectivity index (χ1) is 13.4. The molecule has 0 unspecified atom stereocenters. The molecule has 2 aromatic carbocycles. The molecule has 0 atom stereocenters. The maximum absolute atomic E-state index is 12.8. The highest BCUT2D eigenvalue weighted by Crippen LogP contribution is 2.23. The Kier molecular flexibility index (Phi) is 6.59. The van der Waals surface area contributed by atoms with E-state index in [4.69, 9.17) is 11.6 Å². The normalized spacial score (nSPS) is 15.2. The Balaban J connectivity index is 1.64. The summed E-state index contributed by atoms with van der Waals surface area (Å²) in [6, 6.07) is 11.9. The number of benzene rings is 2. The van der Waals surface area contributed by atoms with E-state index in [-0.39, 0.29) is 17.3 Å². The van der Waals surface area contributed by atoms with Crippen LogP contribution in [0, 0.1) is 6.92 Å². The van der Waals surface area contributed by atoms with E-state index in [0.717, 1.165) is 24.8 Å². The van der Waals surface area contributed by atoms with Crippen molar-refractivity contribution in [2.45, 2.75) is 31.1 Å². The average Bonchev–Trinajstić information content (AvgIpc) is 2.70. The molecule has 2 N–H and O–H groups in total. The van der Waals surface area contributed by atoms with E-state index >= 15 is 0 Å². The first-order valence-corrected chi connectivity index (χ1v) is 11.1. The highest BCUT2D eigenvalue weighted by atomic mass is 35.5. The van der Waals surface area contributed by atoms with E-state index in [1.165, 1.54) is 4.31 Å². The van der Waals surface area contributed by atoms with E-state index in [1.54, 1.807) is 36.4 Å². The average molecular weight is 422 g/mol. The Morgan fingerprint density at radius 3 is 2.61 bits per heavy atom. The summed E-state index contributed by atoms with van der Waals surface area (Å²) in [4.78, 5) is 12.5. The molecule has 1 aliphatic heterocycles. The molecule has 1 saturated heterocycles. The van der Waals surface area contributed by atoms with Crippen LogP contribution in [0.1, 0.15) is 24.8 Å². The zero-order valence-electron chi connectivity index (χ0n) is 15.7. The molecule has 3 rings (SSSR count). The topological polar surface area (TPSA) is 78.5 Å². The third-order valence-corrected chi connectivity index (χ3v) is 6.84. The molecule has 0 spiro atoms. The van der Waals surface area contributed by atoms with Gasteiger partial charge in [0.15, 0.2) is 0 Å². The van der Waals surface area contributed by atoms with E-state index in [0.29, 0.717) is 29.5 Å². The second-order valence-electron chi connectivity index (χ2n) is 6.85. The van der Waals surface area contributed by atoms with Gasteiger partial charge in [-0.2, -0.15) is 4.31 Å². The summed E-state index contributed by atoms with van der Waals surface area (Å²) in [5, 5.41) is 6.34. The lowest BCUT2D eigenvalue weighted by Crippen LogP contribution is -2.35. The third kappa shape index (κ3) is 5.04. The van der Waals surface area contributed by atoms with Crippen LogP contribution in [0.25, 0.3) is 0 Å². The zero-order valence-corrected chi connectivity index (χ0v) is 17.3. The number of nitrogens with one attached hydrogen (secondary N) is 2. The van der Waals surface area contributed by atoms with E-state index in [2.05, 4.69) is 10.6 Å². The zero-order chi connectivity index (χ0) is 20.1. The van der Waals surface area contributed by atoms with Crippen LogP contribution in [-0.2, 0) is 14.8 Å². The number of amides is 1. The fraction of sp³-hybridized carbons (Fsp3) is 0.350. The molecule has 1 amide bonds. The molecule has 28 heavy (non-hydrogen) atoms. The number of hydrogen-bond donors (Lipinski definition) is 2. The summed E-state index contributed by atoms with van der Waals surface area (Å²) in [5.41, 5.74) is 2.14. The van der Waals surface area contributed by atoms with Crippen LogP contribution < -0.4 is 10.6 Å². The largest absolute Gasteiger partial charge is 0.376 e. The van der Waals surface area contributed by atoms with Crippen LogP contribution >= 0.6 is 11.6 Å². The number of hydrogen-bond acceptors (Lipinski definition) is 4. The number of nitrogens with zero attached hydrogens (tertiary/aromatic N) is 1.